The van der Waals surface area contributed by atoms with Crippen molar-refractivity contribution < 1.29 is 4.79 Å². The number of nitrogens with zero attached hydrogens (tertiary/aromatic N) is 3. The molecule has 0 aliphatic carbocycles. The fourth-order valence-electron chi connectivity index (χ4n) is 2.82. The van der Waals surface area contributed by atoms with Gasteiger partial charge >= 0.3 is 0 Å². The van der Waals surface area contributed by atoms with Crippen LogP contribution in [0.3, 0.4) is 0 Å². The summed E-state index contributed by atoms with van der Waals surface area (Å²) < 4.78 is 0. The van der Waals surface area contributed by atoms with Crippen molar-refractivity contribution in [3.05, 3.63) is 90.4 Å². The molecule has 0 atom stereocenters. The molecular weight excluding hydrogens is 312 g/mol. The predicted molar refractivity (Wildman–Crippen MR) is 97.3 cm³/mol. The predicted octanol–water partition coefficient (Wildman–Crippen LogP) is 3.80. The summed E-state index contributed by atoms with van der Waals surface area (Å²) in [7, 11) is 0. The summed E-state index contributed by atoms with van der Waals surface area (Å²) in [5.74, 6) is -0.146. The van der Waals surface area contributed by atoms with Crippen LogP contribution < -0.4 is 4.90 Å². The molecule has 0 saturated carbocycles. The molecule has 4 aromatic rings. The second-order valence-electron chi connectivity index (χ2n) is 5.71. The number of aromatic amines is 1. The van der Waals surface area contributed by atoms with Gasteiger partial charge in [-0.3, -0.25) is 14.9 Å². The summed E-state index contributed by atoms with van der Waals surface area (Å²) in [6.07, 6.45) is 3.49. The first-order valence-corrected chi connectivity index (χ1v) is 8.02. The number of carbonyl (C=O) groups is 1. The first-order chi connectivity index (χ1) is 12.3. The highest BCUT2D eigenvalue weighted by Gasteiger charge is 2.22. The molecule has 2 aromatic heterocycles. The maximum atomic E-state index is 13.2. The quantitative estimate of drug-likeness (QED) is 0.620. The molecule has 4 rings (SSSR count). The highest BCUT2D eigenvalue weighted by atomic mass is 16.2. The molecular formula is C20H16N4O. The average Bonchev–Trinajstić information content (AvgIpc) is 3.11. The van der Waals surface area contributed by atoms with Crippen LogP contribution in [0, 0.1) is 0 Å². The minimum Gasteiger partial charge on any atom is -0.302 e. The van der Waals surface area contributed by atoms with E-state index in [1.54, 1.807) is 17.3 Å². The molecule has 0 bridgehead atoms. The van der Waals surface area contributed by atoms with E-state index in [1.165, 1.54) is 0 Å². The number of pyridine rings is 1. The Balaban J connectivity index is 1.76. The van der Waals surface area contributed by atoms with Gasteiger partial charge in [-0.15, -0.1) is 0 Å². The molecule has 0 radical (unpaired) electrons. The van der Waals surface area contributed by atoms with Crippen LogP contribution >= 0.6 is 0 Å². The molecule has 122 valence electrons. The molecule has 0 aliphatic rings. The second kappa shape index (κ2) is 6.57. The van der Waals surface area contributed by atoms with Crippen molar-refractivity contribution in [1.82, 2.24) is 15.2 Å². The van der Waals surface area contributed by atoms with Crippen molar-refractivity contribution in [2.45, 2.75) is 6.54 Å². The Morgan fingerprint density at radius 2 is 1.76 bits per heavy atom. The fourth-order valence-corrected chi connectivity index (χ4v) is 2.82. The fraction of sp³-hybridized carbons (Fsp3) is 0.0500. The van der Waals surface area contributed by atoms with Crippen LogP contribution in [-0.4, -0.2) is 21.1 Å². The Kier molecular flexibility index (Phi) is 3.96. The van der Waals surface area contributed by atoms with E-state index >= 15 is 0 Å². The summed E-state index contributed by atoms with van der Waals surface area (Å²) in [6, 6.07) is 21.1. The normalized spacial score (nSPS) is 10.7. The van der Waals surface area contributed by atoms with E-state index in [-0.39, 0.29) is 5.91 Å². The number of anilines is 1. The van der Waals surface area contributed by atoms with Crippen LogP contribution in [0.4, 0.5) is 5.69 Å². The number of rotatable bonds is 4. The van der Waals surface area contributed by atoms with Crippen LogP contribution in [0.15, 0.2) is 79.1 Å². The smallest absolute Gasteiger partial charge is 0.279 e. The number of para-hydroxylation sites is 2. The van der Waals surface area contributed by atoms with Crippen LogP contribution in [0.1, 0.15) is 16.1 Å². The molecule has 0 unspecified atom stereocenters. The number of carbonyl (C=O) groups excluding carboxylic acids is 1. The largest absolute Gasteiger partial charge is 0.302 e. The number of nitrogens with one attached hydrogen (secondary N) is 1. The summed E-state index contributed by atoms with van der Waals surface area (Å²) in [4.78, 5) is 19.1. The van der Waals surface area contributed by atoms with Crippen molar-refractivity contribution in [2.24, 2.45) is 0 Å². The summed E-state index contributed by atoms with van der Waals surface area (Å²) in [5.41, 5.74) is 3.05. The number of amides is 1. The van der Waals surface area contributed by atoms with Gasteiger partial charge in [0, 0.05) is 23.5 Å². The molecule has 25 heavy (non-hydrogen) atoms. The molecule has 1 amide bonds. The molecule has 5 nitrogen and oxygen atoms in total. The summed E-state index contributed by atoms with van der Waals surface area (Å²) >= 11 is 0. The third-order valence-corrected chi connectivity index (χ3v) is 4.05. The molecule has 0 fully saturated rings. The van der Waals surface area contributed by atoms with Gasteiger partial charge in [-0.25, -0.2) is 0 Å². The minimum absolute atomic E-state index is 0.146. The number of benzene rings is 2. The lowest BCUT2D eigenvalue weighted by Gasteiger charge is -2.22. The molecule has 1 N–H and O–H groups in total. The molecule has 2 heterocycles. The molecule has 0 aliphatic heterocycles. The molecule has 0 spiro atoms. The zero-order chi connectivity index (χ0) is 17.1. The van der Waals surface area contributed by atoms with Crippen LogP contribution in [-0.2, 0) is 6.54 Å². The van der Waals surface area contributed by atoms with Crippen molar-refractivity contribution in [2.75, 3.05) is 4.90 Å². The van der Waals surface area contributed by atoms with Crippen LogP contribution in [0.5, 0.6) is 0 Å². The van der Waals surface area contributed by atoms with E-state index < -0.39 is 0 Å². The summed E-state index contributed by atoms with van der Waals surface area (Å²) in [5, 5.41) is 8.00. The van der Waals surface area contributed by atoms with Gasteiger partial charge in [0.1, 0.15) is 0 Å². The second-order valence-corrected chi connectivity index (χ2v) is 5.71. The third-order valence-electron chi connectivity index (χ3n) is 4.05. The van der Waals surface area contributed by atoms with E-state index in [2.05, 4.69) is 15.2 Å². The zero-order valence-electron chi connectivity index (χ0n) is 13.5. The number of H-pyrrole nitrogens is 1. The van der Waals surface area contributed by atoms with E-state index in [9.17, 15) is 4.79 Å². The third kappa shape index (κ3) is 2.99. The maximum Gasteiger partial charge on any atom is 0.279 e. The van der Waals surface area contributed by atoms with E-state index in [0.29, 0.717) is 12.2 Å². The van der Waals surface area contributed by atoms with E-state index in [0.717, 1.165) is 22.2 Å². The van der Waals surface area contributed by atoms with Gasteiger partial charge in [0.05, 0.1) is 12.1 Å². The van der Waals surface area contributed by atoms with Gasteiger partial charge in [-0.2, -0.15) is 5.10 Å². The maximum absolute atomic E-state index is 13.2. The lowest BCUT2D eigenvalue weighted by atomic mass is 10.1. The summed E-state index contributed by atoms with van der Waals surface area (Å²) in [6.45, 7) is 0.428. The first-order valence-electron chi connectivity index (χ1n) is 8.02. The van der Waals surface area contributed by atoms with Gasteiger partial charge in [0.15, 0.2) is 5.69 Å². The number of aromatic nitrogens is 3. The topological polar surface area (TPSA) is 61.9 Å². The van der Waals surface area contributed by atoms with Crippen LogP contribution in [0.2, 0.25) is 0 Å². The molecule has 5 heteroatoms. The zero-order valence-corrected chi connectivity index (χ0v) is 13.5. The molecule has 2 aromatic carbocycles. The van der Waals surface area contributed by atoms with Crippen molar-refractivity contribution in [3.8, 4) is 0 Å². The minimum atomic E-state index is -0.146. The highest BCUT2D eigenvalue weighted by Crippen LogP contribution is 2.22. The first kappa shape index (κ1) is 15.1. The Bertz CT molecular complexity index is 996. The Labute approximate surface area is 144 Å². The SMILES string of the molecule is O=C(c1n[nH]c2ccccc12)N(Cc1cccnc1)c1ccccc1. The van der Waals surface area contributed by atoms with E-state index in [4.69, 9.17) is 0 Å². The van der Waals surface area contributed by atoms with Crippen molar-refractivity contribution >= 4 is 22.5 Å². The Morgan fingerprint density at radius 1 is 0.960 bits per heavy atom. The van der Waals surface area contributed by atoms with E-state index in [1.807, 2.05) is 66.7 Å². The van der Waals surface area contributed by atoms with Crippen molar-refractivity contribution in [1.29, 1.82) is 0 Å². The Hall–Kier alpha value is -3.47. The van der Waals surface area contributed by atoms with Gasteiger partial charge in [-0.05, 0) is 29.8 Å². The van der Waals surface area contributed by atoms with Gasteiger partial charge in [0.2, 0.25) is 0 Å². The monoisotopic (exact) mass is 328 g/mol. The standard InChI is InChI=1S/C20H16N4O/c25-20(19-17-10-4-5-11-18(17)22-23-19)24(16-8-2-1-3-9-16)14-15-7-6-12-21-13-15/h1-13H,14H2,(H,22,23). The van der Waals surface area contributed by atoms with Crippen molar-refractivity contribution in [3.63, 3.8) is 0 Å². The highest BCUT2D eigenvalue weighted by molar-refractivity contribution is 6.12. The molecule has 0 saturated heterocycles. The average molecular weight is 328 g/mol. The number of hydrogen-bond donors (Lipinski definition) is 1. The number of hydrogen-bond acceptors (Lipinski definition) is 3. The number of fused-ring (bicyclic) bond motifs is 1. The lowest BCUT2D eigenvalue weighted by Crippen LogP contribution is -2.30. The van der Waals surface area contributed by atoms with Gasteiger partial charge < -0.3 is 4.90 Å². The lowest BCUT2D eigenvalue weighted by molar-refractivity contribution is 0.0982. The Morgan fingerprint density at radius 3 is 2.56 bits per heavy atom. The van der Waals surface area contributed by atoms with Crippen LogP contribution in [0.25, 0.3) is 10.9 Å². The van der Waals surface area contributed by atoms with Gasteiger partial charge in [0.25, 0.3) is 5.91 Å². The van der Waals surface area contributed by atoms with Gasteiger partial charge in [-0.1, -0.05) is 42.5 Å².